The molecule has 0 amide bonds. The summed E-state index contributed by atoms with van der Waals surface area (Å²) in [5, 5.41) is 8.46. The molecule has 0 radical (unpaired) electrons. The van der Waals surface area contributed by atoms with Gasteiger partial charge in [0.05, 0.1) is 5.69 Å². The summed E-state index contributed by atoms with van der Waals surface area (Å²) < 4.78 is 1.71. The lowest BCUT2D eigenvalue weighted by Gasteiger charge is -2.00. The summed E-state index contributed by atoms with van der Waals surface area (Å²) in [6.45, 7) is 2.69. The Hall–Kier alpha value is -2.37. The fourth-order valence-corrected chi connectivity index (χ4v) is 1.59. The largest absolute Gasteiger partial charge is 0.380 e. The molecule has 2 aromatic heterocycles. The Bertz CT molecular complexity index is 549. The van der Waals surface area contributed by atoms with Crippen LogP contribution in [0.1, 0.15) is 14.0 Å². The van der Waals surface area contributed by atoms with Crippen molar-refractivity contribution < 1.29 is 1.43 Å². The molecule has 0 saturated heterocycles. The number of hydrazone groups is 1. The van der Waals surface area contributed by atoms with Crippen LogP contribution in [-0.4, -0.2) is 27.1 Å². The van der Waals surface area contributed by atoms with Gasteiger partial charge in [0.25, 0.3) is 0 Å². The Morgan fingerprint density at radius 1 is 1.50 bits per heavy atom. The van der Waals surface area contributed by atoms with Gasteiger partial charge in [-0.3, -0.25) is 9.67 Å². The van der Waals surface area contributed by atoms with Crippen LogP contribution in [0.25, 0.3) is 11.3 Å². The number of aromatic nitrogens is 3. The number of hydrogen-bond acceptors (Lipinski definition) is 4. The maximum absolute atomic E-state index is 5.89. The third-order valence-corrected chi connectivity index (χ3v) is 2.48. The van der Waals surface area contributed by atoms with Gasteiger partial charge in [0, 0.05) is 33.0 Å². The number of pyridine rings is 1. The topological polar surface area (TPSA) is 81.1 Å². The molecule has 0 fully saturated rings. The molecule has 0 aliphatic carbocycles. The summed E-state index contributed by atoms with van der Waals surface area (Å²) in [5.41, 5.74) is 11.4. The predicted molar refractivity (Wildman–Crippen MR) is 73.0 cm³/mol. The monoisotopic (exact) mass is 246 g/mol. The third-order valence-electron chi connectivity index (χ3n) is 2.48. The highest BCUT2D eigenvalue weighted by Crippen LogP contribution is 2.17. The van der Waals surface area contributed by atoms with Crippen molar-refractivity contribution in [2.45, 2.75) is 6.92 Å². The third kappa shape index (κ3) is 2.48. The van der Waals surface area contributed by atoms with Crippen LogP contribution >= 0.6 is 0 Å². The van der Waals surface area contributed by atoms with E-state index < -0.39 is 0 Å². The zero-order chi connectivity index (χ0) is 13.0. The molecule has 0 spiro atoms. The van der Waals surface area contributed by atoms with E-state index in [0.29, 0.717) is 5.84 Å². The molecule has 0 atom stereocenters. The Morgan fingerprint density at radius 3 is 2.89 bits per heavy atom. The zero-order valence-electron chi connectivity index (χ0n) is 10.5. The molecule has 0 aliphatic heterocycles. The molecule has 0 saturated carbocycles. The Balaban J connectivity index is 0.00000180. The summed E-state index contributed by atoms with van der Waals surface area (Å²) in [7, 11) is 1.84. The minimum absolute atomic E-state index is 0. The summed E-state index contributed by atoms with van der Waals surface area (Å²) in [5.74, 6) is 0.423. The van der Waals surface area contributed by atoms with Crippen molar-refractivity contribution in [3.8, 4) is 11.3 Å². The van der Waals surface area contributed by atoms with Gasteiger partial charge in [-0.1, -0.05) is 0 Å². The fraction of sp³-hybridized carbons (Fsp3) is 0.250. The summed E-state index contributed by atoms with van der Waals surface area (Å²) in [4.78, 5) is 3.98. The van der Waals surface area contributed by atoms with Crippen LogP contribution in [-0.2, 0) is 7.05 Å². The summed E-state index contributed by atoms with van der Waals surface area (Å²) in [6.07, 6.45) is 3.47. The molecule has 0 bridgehead atoms. The normalized spacial score (nSPS) is 11.6. The molecular weight excluding hydrogens is 228 g/mol. The first-order valence-electron chi connectivity index (χ1n) is 5.73. The van der Waals surface area contributed by atoms with Crippen molar-refractivity contribution >= 4 is 5.84 Å². The smallest absolute Gasteiger partial charge is 0.168 e. The molecule has 3 N–H and O–H groups in total. The van der Waals surface area contributed by atoms with Crippen LogP contribution in [0.5, 0.6) is 0 Å². The number of aryl methyl sites for hydroxylation is 1. The maximum Gasteiger partial charge on any atom is 0.168 e. The minimum Gasteiger partial charge on any atom is -0.380 e. The van der Waals surface area contributed by atoms with Crippen molar-refractivity contribution in [3.63, 3.8) is 0 Å². The molecule has 96 valence electrons. The van der Waals surface area contributed by atoms with Crippen LogP contribution in [0.15, 0.2) is 35.7 Å². The standard InChI is InChI=1S/C12H16N6.H2/c1-3-15-16-12(13)11-8-10(17-18(11)2)9-4-6-14-7-5-9;/h4-8,15H,3H2,1-2H3,(H2,13,16);1H. The van der Waals surface area contributed by atoms with Gasteiger partial charge in [-0.25, -0.2) is 0 Å². The van der Waals surface area contributed by atoms with Gasteiger partial charge < -0.3 is 11.2 Å². The number of hydrogen-bond donors (Lipinski definition) is 2. The first-order chi connectivity index (χ1) is 8.72. The second kappa shape index (κ2) is 5.31. The van der Waals surface area contributed by atoms with Crippen LogP contribution in [0.2, 0.25) is 0 Å². The summed E-state index contributed by atoms with van der Waals surface area (Å²) in [6, 6.07) is 5.72. The number of amidine groups is 1. The van der Waals surface area contributed by atoms with Crippen molar-refractivity contribution in [2.24, 2.45) is 17.9 Å². The molecule has 0 unspecified atom stereocenters. The average Bonchev–Trinajstić information content (AvgIpc) is 2.79. The summed E-state index contributed by atoms with van der Waals surface area (Å²) >= 11 is 0. The van der Waals surface area contributed by atoms with E-state index in [1.807, 2.05) is 32.2 Å². The average molecular weight is 246 g/mol. The SMILES string of the molecule is CCN/N=C(\N)c1cc(-c2ccncc2)nn1C.[HH]. The van der Waals surface area contributed by atoms with Crippen molar-refractivity contribution in [2.75, 3.05) is 6.54 Å². The van der Waals surface area contributed by atoms with Crippen LogP contribution in [0.3, 0.4) is 0 Å². The van der Waals surface area contributed by atoms with Crippen LogP contribution in [0, 0.1) is 0 Å². The highest BCUT2D eigenvalue weighted by Gasteiger charge is 2.09. The van der Waals surface area contributed by atoms with E-state index in [-0.39, 0.29) is 1.43 Å². The van der Waals surface area contributed by atoms with E-state index in [9.17, 15) is 0 Å². The predicted octanol–water partition coefficient (Wildman–Crippen LogP) is 0.958. The van der Waals surface area contributed by atoms with Crippen molar-refractivity contribution in [3.05, 3.63) is 36.3 Å². The first kappa shape index (κ1) is 12.1. The molecule has 18 heavy (non-hydrogen) atoms. The first-order valence-corrected chi connectivity index (χ1v) is 5.73. The quantitative estimate of drug-likeness (QED) is 0.478. The highest BCUT2D eigenvalue weighted by molar-refractivity contribution is 5.96. The van der Waals surface area contributed by atoms with Gasteiger partial charge in [-0.2, -0.15) is 10.2 Å². The van der Waals surface area contributed by atoms with Crippen molar-refractivity contribution in [1.29, 1.82) is 0 Å². The minimum atomic E-state index is 0. The van der Waals surface area contributed by atoms with Gasteiger partial charge in [0.1, 0.15) is 5.69 Å². The molecule has 6 nitrogen and oxygen atoms in total. The molecule has 2 rings (SSSR count). The van der Waals surface area contributed by atoms with Gasteiger partial charge in [0.2, 0.25) is 0 Å². The van der Waals surface area contributed by atoms with E-state index in [0.717, 1.165) is 23.5 Å². The van der Waals surface area contributed by atoms with E-state index in [1.165, 1.54) is 0 Å². The van der Waals surface area contributed by atoms with E-state index >= 15 is 0 Å². The van der Waals surface area contributed by atoms with Crippen LogP contribution < -0.4 is 11.2 Å². The van der Waals surface area contributed by atoms with E-state index in [1.54, 1.807) is 17.1 Å². The lowest BCUT2D eigenvalue weighted by Crippen LogP contribution is -2.21. The Morgan fingerprint density at radius 2 is 2.22 bits per heavy atom. The number of rotatable bonds is 4. The molecule has 0 aromatic carbocycles. The van der Waals surface area contributed by atoms with Gasteiger partial charge >= 0.3 is 0 Å². The molecule has 2 heterocycles. The van der Waals surface area contributed by atoms with E-state index in [4.69, 9.17) is 5.73 Å². The zero-order valence-corrected chi connectivity index (χ0v) is 10.5. The lowest BCUT2D eigenvalue weighted by molar-refractivity contribution is 0.748. The maximum atomic E-state index is 5.89. The molecule has 0 aliphatic rings. The van der Waals surface area contributed by atoms with E-state index in [2.05, 4.69) is 20.6 Å². The Labute approximate surface area is 107 Å². The fourth-order valence-electron chi connectivity index (χ4n) is 1.59. The van der Waals surface area contributed by atoms with Gasteiger partial charge in [0.15, 0.2) is 5.84 Å². The lowest BCUT2D eigenvalue weighted by atomic mass is 10.2. The second-order valence-electron chi connectivity index (χ2n) is 3.78. The van der Waals surface area contributed by atoms with Gasteiger partial charge in [-0.15, -0.1) is 0 Å². The number of nitrogens with zero attached hydrogens (tertiary/aromatic N) is 4. The highest BCUT2D eigenvalue weighted by atomic mass is 15.3. The van der Waals surface area contributed by atoms with Crippen molar-refractivity contribution in [1.82, 2.24) is 20.2 Å². The molecular formula is C12H18N6. The Kier molecular flexibility index (Phi) is 3.57. The van der Waals surface area contributed by atoms with Crippen LogP contribution in [0.4, 0.5) is 0 Å². The second-order valence-corrected chi connectivity index (χ2v) is 3.78. The number of nitrogens with two attached hydrogens (primary N) is 1. The van der Waals surface area contributed by atoms with Gasteiger partial charge in [-0.05, 0) is 25.1 Å². The molecule has 2 aromatic rings. The molecule has 6 heteroatoms. The number of nitrogens with one attached hydrogen (secondary N) is 1.